The SMILES string of the molecule is O=C(OCCS)C(S)C(S)C(=O)OCCS. The summed E-state index contributed by atoms with van der Waals surface area (Å²) in [4.78, 5) is 22.6. The number of hydrogen-bond acceptors (Lipinski definition) is 8. The average molecular weight is 302 g/mol. The van der Waals surface area contributed by atoms with Crippen molar-refractivity contribution >= 4 is 62.5 Å². The molecule has 0 aliphatic heterocycles. The van der Waals surface area contributed by atoms with Gasteiger partial charge >= 0.3 is 11.9 Å². The van der Waals surface area contributed by atoms with E-state index in [0.29, 0.717) is 11.5 Å². The molecule has 0 rings (SSSR count). The Morgan fingerprint density at radius 1 is 0.875 bits per heavy atom. The standard InChI is InChI=1S/C8H14O4S4/c9-7(11-1-3-13)5(15)6(16)8(10)12-2-4-14/h5-6,13-16H,1-4H2. The summed E-state index contributed by atoms with van der Waals surface area (Å²) in [6.07, 6.45) is 0. The number of carbonyl (C=O) groups is 2. The first-order valence-corrected chi connectivity index (χ1v) is 6.75. The lowest BCUT2D eigenvalue weighted by molar-refractivity contribution is -0.148. The van der Waals surface area contributed by atoms with Crippen molar-refractivity contribution in [3.63, 3.8) is 0 Å². The Balaban J connectivity index is 4.09. The molecule has 0 fully saturated rings. The first kappa shape index (κ1) is 16.3. The molecule has 94 valence electrons. The van der Waals surface area contributed by atoms with Crippen LogP contribution in [0, 0.1) is 0 Å². The molecular formula is C8H14O4S4. The van der Waals surface area contributed by atoms with Gasteiger partial charge in [-0.1, -0.05) is 0 Å². The summed E-state index contributed by atoms with van der Waals surface area (Å²) in [5, 5.41) is -1.90. The summed E-state index contributed by atoms with van der Waals surface area (Å²) in [7, 11) is 0. The van der Waals surface area contributed by atoms with E-state index in [9.17, 15) is 9.59 Å². The predicted octanol–water partition coefficient (Wildman–Crippen LogP) is 0.529. The van der Waals surface area contributed by atoms with Crippen LogP contribution in [-0.4, -0.2) is 47.2 Å². The monoisotopic (exact) mass is 302 g/mol. The summed E-state index contributed by atoms with van der Waals surface area (Å²) in [5.41, 5.74) is 0. The highest BCUT2D eigenvalue weighted by Gasteiger charge is 2.30. The van der Waals surface area contributed by atoms with Crippen LogP contribution in [0.4, 0.5) is 0 Å². The zero-order valence-corrected chi connectivity index (χ0v) is 12.0. The van der Waals surface area contributed by atoms with E-state index in [2.05, 4.69) is 50.5 Å². The topological polar surface area (TPSA) is 52.6 Å². The molecule has 0 N–H and O–H groups in total. The van der Waals surface area contributed by atoms with Crippen molar-refractivity contribution in [2.45, 2.75) is 10.5 Å². The fourth-order valence-electron chi connectivity index (χ4n) is 0.721. The maximum absolute atomic E-state index is 11.3. The largest absolute Gasteiger partial charge is 0.464 e. The minimum absolute atomic E-state index is 0.172. The van der Waals surface area contributed by atoms with Gasteiger partial charge in [0, 0.05) is 11.5 Å². The number of hydrogen-bond donors (Lipinski definition) is 4. The average Bonchev–Trinajstić information content (AvgIpc) is 2.30. The van der Waals surface area contributed by atoms with Crippen LogP contribution in [0.3, 0.4) is 0 Å². The van der Waals surface area contributed by atoms with E-state index in [1.165, 1.54) is 0 Å². The Kier molecular flexibility index (Phi) is 9.58. The second-order valence-corrected chi connectivity index (χ2v) is 4.68. The molecule has 4 nitrogen and oxygen atoms in total. The third-order valence-corrected chi connectivity index (χ3v) is 3.07. The fourth-order valence-corrected chi connectivity index (χ4v) is 1.30. The molecular weight excluding hydrogens is 288 g/mol. The van der Waals surface area contributed by atoms with Gasteiger partial charge in [0.1, 0.15) is 23.7 Å². The number of carbonyl (C=O) groups excluding carboxylic acids is 2. The third-order valence-electron chi connectivity index (χ3n) is 1.45. The van der Waals surface area contributed by atoms with Crippen LogP contribution in [-0.2, 0) is 19.1 Å². The molecule has 0 spiro atoms. The van der Waals surface area contributed by atoms with Gasteiger partial charge in [0.2, 0.25) is 0 Å². The summed E-state index contributed by atoms with van der Waals surface area (Å²) in [6, 6.07) is 0. The minimum Gasteiger partial charge on any atom is -0.464 e. The van der Waals surface area contributed by atoms with Gasteiger partial charge in [-0.2, -0.15) is 50.5 Å². The molecule has 0 aromatic rings. The zero-order chi connectivity index (χ0) is 12.6. The summed E-state index contributed by atoms with van der Waals surface area (Å²) in [5.74, 6) is -0.401. The van der Waals surface area contributed by atoms with Crippen molar-refractivity contribution in [3.05, 3.63) is 0 Å². The minimum atomic E-state index is -0.948. The molecule has 0 radical (unpaired) electrons. The molecule has 0 saturated carbocycles. The predicted molar refractivity (Wildman–Crippen MR) is 75.2 cm³/mol. The third kappa shape index (κ3) is 6.17. The molecule has 0 bridgehead atoms. The maximum Gasteiger partial charge on any atom is 0.320 e. The molecule has 8 heteroatoms. The van der Waals surface area contributed by atoms with E-state index in [1.807, 2.05) is 0 Å². The van der Waals surface area contributed by atoms with E-state index in [4.69, 9.17) is 9.47 Å². The number of rotatable bonds is 7. The van der Waals surface area contributed by atoms with E-state index >= 15 is 0 Å². The lowest BCUT2D eigenvalue weighted by Gasteiger charge is -2.15. The van der Waals surface area contributed by atoms with Gasteiger partial charge in [0.15, 0.2) is 0 Å². The lowest BCUT2D eigenvalue weighted by atomic mass is 10.3. The fraction of sp³-hybridized carbons (Fsp3) is 0.750. The molecule has 0 amide bonds. The Bertz CT molecular complexity index is 212. The van der Waals surface area contributed by atoms with Crippen molar-refractivity contribution in [3.8, 4) is 0 Å². The van der Waals surface area contributed by atoms with Crippen LogP contribution in [0.15, 0.2) is 0 Å². The van der Waals surface area contributed by atoms with E-state index in [0.717, 1.165) is 0 Å². The van der Waals surface area contributed by atoms with Crippen LogP contribution in [0.25, 0.3) is 0 Å². The van der Waals surface area contributed by atoms with Crippen molar-refractivity contribution in [1.29, 1.82) is 0 Å². The first-order chi connectivity index (χ1) is 7.54. The van der Waals surface area contributed by atoms with Crippen molar-refractivity contribution in [2.24, 2.45) is 0 Å². The Hall–Kier alpha value is 0.340. The van der Waals surface area contributed by atoms with Crippen LogP contribution in [0.2, 0.25) is 0 Å². The Morgan fingerprint density at radius 3 is 1.44 bits per heavy atom. The second kappa shape index (κ2) is 9.38. The highest BCUT2D eigenvalue weighted by atomic mass is 32.1. The highest BCUT2D eigenvalue weighted by Crippen LogP contribution is 2.13. The molecule has 0 aromatic heterocycles. The first-order valence-electron chi connectivity index (χ1n) is 4.45. The van der Waals surface area contributed by atoms with Crippen LogP contribution >= 0.6 is 50.5 Å². The van der Waals surface area contributed by atoms with Crippen LogP contribution in [0.5, 0.6) is 0 Å². The molecule has 0 saturated heterocycles. The lowest BCUT2D eigenvalue weighted by Crippen LogP contribution is -2.35. The van der Waals surface area contributed by atoms with Gasteiger partial charge in [0.25, 0.3) is 0 Å². The zero-order valence-electron chi connectivity index (χ0n) is 8.40. The Labute approximate surface area is 116 Å². The summed E-state index contributed by atoms with van der Waals surface area (Å²) in [6.45, 7) is 0.344. The van der Waals surface area contributed by atoms with E-state index in [-0.39, 0.29) is 13.2 Å². The maximum atomic E-state index is 11.3. The smallest absolute Gasteiger partial charge is 0.320 e. The van der Waals surface area contributed by atoms with E-state index < -0.39 is 22.4 Å². The van der Waals surface area contributed by atoms with Crippen molar-refractivity contribution in [2.75, 3.05) is 24.7 Å². The summed E-state index contributed by atoms with van der Waals surface area (Å²) >= 11 is 15.7. The summed E-state index contributed by atoms with van der Waals surface area (Å²) < 4.78 is 9.53. The number of esters is 2. The van der Waals surface area contributed by atoms with E-state index in [1.54, 1.807) is 0 Å². The molecule has 16 heavy (non-hydrogen) atoms. The van der Waals surface area contributed by atoms with Crippen molar-refractivity contribution in [1.82, 2.24) is 0 Å². The van der Waals surface area contributed by atoms with Crippen LogP contribution < -0.4 is 0 Å². The molecule has 0 heterocycles. The quantitative estimate of drug-likeness (QED) is 0.409. The number of ether oxygens (including phenoxy) is 2. The molecule has 2 atom stereocenters. The molecule has 2 unspecified atom stereocenters. The number of thiol groups is 4. The van der Waals surface area contributed by atoms with Gasteiger partial charge in [-0.15, -0.1) is 0 Å². The van der Waals surface area contributed by atoms with Gasteiger partial charge in [0.05, 0.1) is 0 Å². The molecule has 0 aliphatic rings. The second-order valence-electron chi connectivity index (χ2n) is 2.67. The van der Waals surface area contributed by atoms with Crippen molar-refractivity contribution < 1.29 is 19.1 Å². The van der Waals surface area contributed by atoms with Gasteiger partial charge in [-0.3, -0.25) is 9.59 Å². The van der Waals surface area contributed by atoms with Gasteiger partial charge < -0.3 is 9.47 Å². The molecule has 0 aromatic carbocycles. The Morgan fingerprint density at radius 2 is 1.19 bits per heavy atom. The van der Waals surface area contributed by atoms with Gasteiger partial charge in [-0.25, -0.2) is 0 Å². The molecule has 0 aliphatic carbocycles. The normalized spacial score (nSPS) is 14.0. The van der Waals surface area contributed by atoms with Crippen LogP contribution in [0.1, 0.15) is 0 Å². The van der Waals surface area contributed by atoms with Gasteiger partial charge in [-0.05, 0) is 0 Å². The highest BCUT2D eigenvalue weighted by molar-refractivity contribution is 7.86.